The fourth-order valence-electron chi connectivity index (χ4n) is 1.43. The molecule has 0 atom stereocenters. The van der Waals surface area contributed by atoms with Crippen molar-refractivity contribution in [2.45, 2.75) is 13.1 Å². The molecule has 4 heteroatoms. The van der Waals surface area contributed by atoms with Crippen molar-refractivity contribution >= 4 is 0 Å². The summed E-state index contributed by atoms with van der Waals surface area (Å²) in [4.78, 5) is 4.09. The first-order valence-corrected chi connectivity index (χ1v) is 5.57. The lowest BCUT2D eigenvalue weighted by molar-refractivity contribution is -0.137. The summed E-state index contributed by atoms with van der Waals surface area (Å²) < 4.78 is 37.1. The number of hydrogen-bond donors (Lipinski definition) is 0. The van der Waals surface area contributed by atoms with Gasteiger partial charge in [-0.05, 0) is 43.3 Å². The number of pyridine rings is 1. The molecule has 1 aromatic heterocycles. The van der Waals surface area contributed by atoms with Crippen LogP contribution < -0.4 is 0 Å². The zero-order valence-electron chi connectivity index (χ0n) is 10.1. The minimum atomic E-state index is -4.31. The van der Waals surface area contributed by atoms with Crippen LogP contribution in [0.25, 0.3) is 0 Å². The second-order valence-corrected chi connectivity index (χ2v) is 4.01. The highest BCUT2D eigenvalue weighted by atomic mass is 19.4. The molecule has 0 spiro atoms. The summed E-state index contributed by atoms with van der Waals surface area (Å²) in [6.07, 6.45) is -2.68. The van der Waals surface area contributed by atoms with E-state index in [0.717, 1.165) is 23.4 Å². The Balaban J connectivity index is 2.19. The molecule has 0 amide bonds. The molecule has 0 saturated carbocycles. The summed E-state index contributed by atoms with van der Waals surface area (Å²) in [6.45, 7) is 1.87. The Kier molecular flexibility index (Phi) is 3.57. The molecule has 0 unspecified atom stereocenters. The largest absolute Gasteiger partial charge is 0.416 e. The predicted octanol–water partition coefficient (Wildman–Crippen LogP) is 3.81. The van der Waals surface area contributed by atoms with E-state index >= 15 is 0 Å². The summed E-state index contributed by atoms with van der Waals surface area (Å²) in [5.41, 5.74) is 1.48. The van der Waals surface area contributed by atoms with Gasteiger partial charge in [0.2, 0.25) is 0 Å². The number of alkyl halides is 3. The Hall–Kier alpha value is -2.28. The van der Waals surface area contributed by atoms with Crippen LogP contribution in [0.15, 0.2) is 42.6 Å². The zero-order valence-corrected chi connectivity index (χ0v) is 10.1. The lowest BCUT2D eigenvalue weighted by Crippen LogP contribution is -2.04. The minimum Gasteiger partial charge on any atom is -0.260 e. The number of nitrogens with zero attached hydrogens (tertiary/aromatic N) is 1. The molecule has 96 valence electrons. The summed E-state index contributed by atoms with van der Waals surface area (Å²) in [6, 6.07) is 8.42. The van der Waals surface area contributed by atoms with Crippen molar-refractivity contribution in [3.8, 4) is 11.8 Å². The lowest BCUT2D eigenvalue weighted by atomic mass is 10.1. The van der Waals surface area contributed by atoms with Crippen LogP contribution in [0.1, 0.15) is 22.4 Å². The van der Waals surface area contributed by atoms with Gasteiger partial charge >= 0.3 is 6.18 Å². The molecule has 0 aliphatic carbocycles. The molecule has 0 fully saturated rings. The summed E-state index contributed by atoms with van der Waals surface area (Å²) >= 11 is 0. The molecular formula is C15H10F3N. The quantitative estimate of drug-likeness (QED) is 0.657. The second-order valence-electron chi connectivity index (χ2n) is 4.01. The maximum absolute atomic E-state index is 12.4. The number of benzene rings is 1. The number of halogens is 3. The van der Waals surface area contributed by atoms with Crippen molar-refractivity contribution in [3.63, 3.8) is 0 Å². The summed E-state index contributed by atoms with van der Waals surface area (Å²) in [5.74, 6) is 5.65. The molecule has 0 aliphatic heterocycles. The molecule has 2 rings (SSSR count). The minimum absolute atomic E-state index is 0.536. The monoisotopic (exact) mass is 261 g/mol. The standard InChI is InChI=1S/C15H10F3N/c1-11-2-3-13(10-19-11)5-4-12-6-8-14(9-7-12)15(16,17)18/h2-3,6-10H,1H3. The van der Waals surface area contributed by atoms with Gasteiger partial charge in [0.05, 0.1) is 5.56 Å². The van der Waals surface area contributed by atoms with Gasteiger partial charge in [0.25, 0.3) is 0 Å². The summed E-state index contributed by atoms with van der Waals surface area (Å²) in [7, 11) is 0. The zero-order chi connectivity index (χ0) is 13.9. The number of rotatable bonds is 0. The fourth-order valence-corrected chi connectivity index (χ4v) is 1.43. The van der Waals surface area contributed by atoms with E-state index in [2.05, 4.69) is 16.8 Å². The molecule has 0 radical (unpaired) electrons. The first kappa shape index (κ1) is 13.2. The molecule has 0 aliphatic rings. The normalized spacial score (nSPS) is 10.7. The Morgan fingerprint density at radius 2 is 1.47 bits per heavy atom. The highest BCUT2D eigenvalue weighted by Crippen LogP contribution is 2.28. The van der Waals surface area contributed by atoms with Gasteiger partial charge in [-0.15, -0.1) is 0 Å². The van der Waals surface area contributed by atoms with Crippen LogP contribution in [-0.2, 0) is 6.18 Å². The summed E-state index contributed by atoms with van der Waals surface area (Å²) in [5, 5.41) is 0. The average molecular weight is 261 g/mol. The van der Waals surface area contributed by atoms with Crippen molar-refractivity contribution in [3.05, 3.63) is 65.0 Å². The number of aromatic nitrogens is 1. The van der Waals surface area contributed by atoms with E-state index in [0.29, 0.717) is 5.56 Å². The van der Waals surface area contributed by atoms with E-state index in [1.165, 1.54) is 12.1 Å². The van der Waals surface area contributed by atoms with E-state index in [4.69, 9.17) is 0 Å². The predicted molar refractivity (Wildman–Crippen MR) is 66.4 cm³/mol. The van der Waals surface area contributed by atoms with Gasteiger partial charge in [-0.1, -0.05) is 11.8 Å². The Morgan fingerprint density at radius 1 is 0.895 bits per heavy atom. The molecule has 0 saturated heterocycles. The van der Waals surface area contributed by atoms with Crippen LogP contribution in [0.4, 0.5) is 13.2 Å². The van der Waals surface area contributed by atoms with Gasteiger partial charge < -0.3 is 0 Å². The first-order chi connectivity index (χ1) is 8.95. The van der Waals surface area contributed by atoms with Crippen LogP contribution in [0.5, 0.6) is 0 Å². The van der Waals surface area contributed by atoms with E-state index in [1.54, 1.807) is 6.20 Å². The number of hydrogen-bond acceptors (Lipinski definition) is 1. The van der Waals surface area contributed by atoms with Crippen LogP contribution in [0.2, 0.25) is 0 Å². The third kappa shape index (κ3) is 3.59. The highest BCUT2D eigenvalue weighted by molar-refractivity contribution is 5.43. The first-order valence-electron chi connectivity index (χ1n) is 5.57. The topological polar surface area (TPSA) is 12.9 Å². The van der Waals surface area contributed by atoms with Gasteiger partial charge in [0, 0.05) is 23.0 Å². The van der Waals surface area contributed by atoms with Crippen molar-refractivity contribution in [2.75, 3.05) is 0 Å². The molecule has 1 aromatic carbocycles. The van der Waals surface area contributed by atoms with Crippen LogP contribution >= 0.6 is 0 Å². The van der Waals surface area contributed by atoms with Crippen molar-refractivity contribution in [2.24, 2.45) is 0 Å². The van der Waals surface area contributed by atoms with Crippen LogP contribution in [0, 0.1) is 18.8 Å². The highest BCUT2D eigenvalue weighted by Gasteiger charge is 2.29. The Morgan fingerprint density at radius 3 is 2.00 bits per heavy atom. The Labute approximate surface area is 109 Å². The molecule has 19 heavy (non-hydrogen) atoms. The maximum Gasteiger partial charge on any atom is 0.416 e. The molecule has 0 bridgehead atoms. The van der Waals surface area contributed by atoms with Crippen molar-refractivity contribution in [1.29, 1.82) is 0 Å². The van der Waals surface area contributed by atoms with Gasteiger partial charge in [-0.25, -0.2) is 0 Å². The average Bonchev–Trinajstić information content (AvgIpc) is 2.37. The molecule has 1 nitrogen and oxygen atoms in total. The van der Waals surface area contributed by atoms with E-state index in [-0.39, 0.29) is 0 Å². The SMILES string of the molecule is Cc1ccc(C#Cc2ccc(C(F)(F)F)cc2)cn1. The van der Waals surface area contributed by atoms with Gasteiger partial charge in [-0.2, -0.15) is 13.2 Å². The van der Waals surface area contributed by atoms with E-state index in [1.807, 2.05) is 19.1 Å². The van der Waals surface area contributed by atoms with E-state index < -0.39 is 11.7 Å². The van der Waals surface area contributed by atoms with Crippen LogP contribution in [-0.4, -0.2) is 4.98 Å². The third-order valence-electron chi connectivity index (χ3n) is 2.47. The van der Waals surface area contributed by atoms with E-state index in [9.17, 15) is 13.2 Å². The fraction of sp³-hybridized carbons (Fsp3) is 0.133. The van der Waals surface area contributed by atoms with Crippen molar-refractivity contribution < 1.29 is 13.2 Å². The van der Waals surface area contributed by atoms with Gasteiger partial charge in [-0.3, -0.25) is 4.98 Å². The second kappa shape index (κ2) is 5.15. The van der Waals surface area contributed by atoms with Crippen molar-refractivity contribution in [1.82, 2.24) is 4.98 Å². The Bertz CT molecular complexity index is 614. The van der Waals surface area contributed by atoms with Gasteiger partial charge in [0.1, 0.15) is 0 Å². The lowest BCUT2D eigenvalue weighted by Gasteiger charge is -2.05. The molecule has 1 heterocycles. The smallest absolute Gasteiger partial charge is 0.260 e. The molecule has 0 N–H and O–H groups in total. The maximum atomic E-state index is 12.4. The van der Waals surface area contributed by atoms with Crippen LogP contribution in [0.3, 0.4) is 0 Å². The number of aryl methyl sites for hydroxylation is 1. The van der Waals surface area contributed by atoms with Gasteiger partial charge in [0.15, 0.2) is 0 Å². The molecule has 2 aromatic rings. The third-order valence-corrected chi connectivity index (χ3v) is 2.47. The molecular weight excluding hydrogens is 251 g/mol.